The Morgan fingerprint density at radius 1 is 1.04 bits per heavy atom. The first kappa shape index (κ1) is 21.7. The molecule has 0 bridgehead atoms. The lowest BCUT2D eigenvalue weighted by atomic mass is 10.0. The summed E-state index contributed by atoms with van der Waals surface area (Å²) in [7, 11) is 0. The van der Waals surface area contributed by atoms with Crippen molar-refractivity contribution in [2.24, 2.45) is 0 Å². The summed E-state index contributed by atoms with van der Waals surface area (Å²) in [5.74, 6) is -0.152. The van der Waals surface area contributed by atoms with Gasteiger partial charge in [0, 0.05) is 12.6 Å². The van der Waals surface area contributed by atoms with E-state index in [-0.39, 0.29) is 24.3 Å². The van der Waals surface area contributed by atoms with Gasteiger partial charge in [0.15, 0.2) is 0 Å². The van der Waals surface area contributed by atoms with Crippen molar-refractivity contribution in [3.63, 3.8) is 0 Å². The van der Waals surface area contributed by atoms with Crippen molar-refractivity contribution in [1.29, 1.82) is 0 Å². The molecule has 2 rings (SSSR count). The summed E-state index contributed by atoms with van der Waals surface area (Å²) in [6.07, 6.45) is 1.14. The minimum absolute atomic E-state index is 0.0411. The second-order valence-corrected chi connectivity index (χ2v) is 7.61. The first-order valence-corrected chi connectivity index (χ1v) is 10.0. The van der Waals surface area contributed by atoms with Crippen molar-refractivity contribution in [3.05, 3.63) is 70.8 Å². The molecule has 2 amide bonds. The molecule has 1 N–H and O–H groups in total. The van der Waals surface area contributed by atoms with Gasteiger partial charge >= 0.3 is 0 Å². The van der Waals surface area contributed by atoms with Crippen molar-refractivity contribution in [1.82, 2.24) is 10.2 Å². The summed E-state index contributed by atoms with van der Waals surface area (Å²) in [6.45, 7) is 10.3. The van der Waals surface area contributed by atoms with Gasteiger partial charge in [-0.05, 0) is 50.8 Å². The first-order chi connectivity index (χ1) is 13.3. The molecule has 0 aromatic heterocycles. The maximum atomic E-state index is 13.2. The second kappa shape index (κ2) is 10.1. The van der Waals surface area contributed by atoms with Gasteiger partial charge in [0.1, 0.15) is 6.04 Å². The molecule has 2 atom stereocenters. The van der Waals surface area contributed by atoms with Crippen molar-refractivity contribution in [2.45, 2.75) is 66.1 Å². The van der Waals surface area contributed by atoms with Crippen LogP contribution in [0.25, 0.3) is 0 Å². The minimum Gasteiger partial charge on any atom is -0.352 e. The standard InChI is InChI=1S/C24H32N2O2/c1-6-19(4)25-24(28)20(5)26(16-22-13-8-7-11-18(22)3)23(27)15-21-12-9-10-17(2)14-21/h7-14,19-20H,6,15-16H2,1-5H3,(H,25,28). The Labute approximate surface area is 169 Å². The number of carbonyl (C=O) groups is 2. The topological polar surface area (TPSA) is 49.4 Å². The van der Waals surface area contributed by atoms with Crippen molar-refractivity contribution in [3.8, 4) is 0 Å². The number of nitrogens with one attached hydrogen (secondary N) is 1. The van der Waals surface area contributed by atoms with Crippen LogP contribution in [-0.2, 0) is 22.6 Å². The van der Waals surface area contributed by atoms with Crippen LogP contribution in [0.2, 0.25) is 0 Å². The Kier molecular flexibility index (Phi) is 7.80. The fourth-order valence-electron chi connectivity index (χ4n) is 3.12. The summed E-state index contributed by atoms with van der Waals surface area (Å²) in [4.78, 5) is 27.6. The molecule has 0 radical (unpaired) electrons. The third-order valence-corrected chi connectivity index (χ3v) is 5.21. The van der Waals surface area contributed by atoms with Crippen molar-refractivity contribution < 1.29 is 9.59 Å². The number of hydrogen-bond donors (Lipinski definition) is 1. The van der Waals surface area contributed by atoms with Gasteiger partial charge in [-0.3, -0.25) is 9.59 Å². The second-order valence-electron chi connectivity index (χ2n) is 7.61. The van der Waals surface area contributed by atoms with Gasteiger partial charge in [-0.2, -0.15) is 0 Å². The van der Waals surface area contributed by atoms with Crippen LogP contribution in [0.5, 0.6) is 0 Å². The van der Waals surface area contributed by atoms with Gasteiger partial charge < -0.3 is 10.2 Å². The molecule has 0 saturated carbocycles. The molecule has 0 heterocycles. The maximum absolute atomic E-state index is 13.2. The Morgan fingerprint density at radius 2 is 1.75 bits per heavy atom. The Bertz CT molecular complexity index is 816. The lowest BCUT2D eigenvalue weighted by Gasteiger charge is -2.30. The Balaban J connectivity index is 2.25. The van der Waals surface area contributed by atoms with Gasteiger partial charge in [0.05, 0.1) is 6.42 Å². The maximum Gasteiger partial charge on any atom is 0.242 e. The summed E-state index contributed by atoms with van der Waals surface area (Å²) >= 11 is 0. The third kappa shape index (κ3) is 5.95. The number of nitrogens with zero attached hydrogens (tertiary/aromatic N) is 1. The largest absolute Gasteiger partial charge is 0.352 e. The average molecular weight is 381 g/mol. The van der Waals surface area contributed by atoms with Crippen LogP contribution >= 0.6 is 0 Å². The molecule has 0 saturated heterocycles. The summed E-state index contributed by atoms with van der Waals surface area (Å²) < 4.78 is 0. The normalized spacial score (nSPS) is 12.9. The van der Waals surface area contributed by atoms with E-state index < -0.39 is 6.04 Å². The highest BCUT2D eigenvalue weighted by molar-refractivity contribution is 5.88. The number of aryl methyl sites for hydroxylation is 2. The van der Waals surface area contributed by atoms with E-state index >= 15 is 0 Å². The molecule has 0 aliphatic heterocycles. The number of amides is 2. The van der Waals surface area contributed by atoms with E-state index in [0.29, 0.717) is 6.54 Å². The SMILES string of the molecule is CCC(C)NC(=O)C(C)N(Cc1ccccc1C)C(=O)Cc1cccc(C)c1. The molecule has 2 aromatic carbocycles. The predicted molar refractivity (Wildman–Crippen MR) is 114 cm³/mol. The van der Waals surface area contributed by atoms with Crippen LogP contribution in [0.15, 0.2) is 48.5 Å². The molecular weight excluding hydrogens is 348 g/mol. The average Bonchev–Trinajstić information content (AvgIpc) is 2.66. The zero-order chi connectivity index (χ0) is 20.7. The minimum atomic E-state index is -0.536. The highest BCUT2D eigenvalue weighted by atomic mass is 16.2. The fourth-order valence-corrected chi connectivity index (χ4v) is 3.12. The summed E-state index contributed by atoms with van der Waals surface area (Å²) in [5.41, 5.74) is 4.27. The zero-order valence-electron chi connectivity index (χ0n) is 17.7. The number of benzene rings is 2. The number of rotatable bonds is 8. The van der Waals surface area contributed by atoms with E-state index in [1.807, 2.05) is 83.1 Å². The number of carbonyl (C=O) groups excluding carboxylic acids is 2. The molecule has 2 unspecified atom stereocenters. The van der Waals surface area contributed by atoms with Gasteiger partial charge in [0.2, 0.25) is 11.8 Å². The van der Waals surface area contributed by atoms with Crippen molar-refractivity contribution in [2.75, 3.05) is 0 Å². The van der Waals surface area contributed by atoms with Crippen LogP contribution in [0, 0.1) is 13.8 Å². The van der Waals surface area contributed by atoms with E-state index in [4.69, 9.17) is 0 Å². The van der Waals surface area contributed by atoms with E-state index in [2.05, 4.69) is 5.32 Å². The van der Waals surface area contributed by atoms with Crippen LogP contribution in [0.3, 0.4) is 0 Å². The van der Waals surface area contributed by atoms with E-state index in [0.717, 1.165) is 28.7 Å². The predicted octanol–water partition coefficient (Wildman–Crippen LogP) is 4.18. The summed E-state index contributed by atoms with van der Waals surface area (Å²) in [6, 6.07) is 15.5. The molecule has 0 spiro atoms. The van der Waals surface area contributed by atoms with Crippen LogP contribution in [0.1, 0.15) is 49.4 Å². The molecule has 2 aromatic rings. The van der Waals surface area contributed by atoms with Gasteiger partial charge in [-0.15, -0.1) is 0 Å². The van der Waals surface area contributed by atoms with Crippen molar-refractivity contribution >= 4 is 11.8 Å². The molecular formula is C24H32N2O2. The Hall–Kier alpha value is -2.62. The first-order valence-electron chi connectivity index (χ1n) is 10.0. The third-order valence-electron chi connectivity index (χ3n) is 5.21. The van der Waals surface area contributed by atoms with Gasteiger partial charge in [-0.1, -0.05) is 61.0 Å². The van der Waals surface area contributed by atoms with Gasteiger partial charge in [-0.25, -0.2) is 0 Å². The molecule has 4 nitrogen and oxygen atoms in total. The zero-order valence-corrected chi connectivity index (χ0v) is 17.7. The smallest absolute Gasteiger partial charge is 0.242 e. The highest BCUT2D eigenvalue weighted by Crippen LogP contribution is 2.16. The highest BCUT2D eigenvalue weighted by Gasteiger charge is 2.27. The molecule has 0 aliphatic carbocycles. The lowest BCUT2D eigenvalue weighted by molar-refractivity contribution is -0.140. The molecule has 0 aliphatic rings. The van der Waals surface area contributed by atoms with Gasteiger partial charge in [0.25, 0.3) is 0 Å². The summed E-state index contributed by atoms with van der Waals surface area (Å²) in [5, 5.41) is 3.01. The van der Waals surface area contributed by atoms with E-state index in [1.165, 1.54) is 0 Å². The van der Waals surface area contributed by atoms with Crippen LogP contribution in [-0.4, -0.2) is 28.8 Å². The van der Waals surface area contributed by atoms with Crippen LogP contribution < -0.4 is 5.32 Å². The van der Waals surface area contributed by atoms with E-state index in [1.54, 1.807) is 4.90 Å². The Morgan fingerprint density at radius 3 is 2.39 bits per heavy atom. The molecule has 150 valence electrons. The molecule has 28 heavy (non-hydrogen) atoms. The van der Waals surface area contributed by atoms with E-state index in [9.17, 15) is 9.59 Å². The lowest BCUT2D eigenvalue weighted by Crippen LogP contribution is -2.50. The monoisotopic (exact) mass is 380 g/mol. The quantitative estimate of drug-likeness (QED) is 0.747. The fraction of sp³-hybridized carbons (Fsp3) is 0.417. The number of hydrogen-bond acceptors (Lipinski definition) is 2. The molecule has 0 fully saturated rings. The van der Waals surface area contributed by atoms with Crippen LogP contribution in [0.4, 0.5) is 0 Å². The molecule has 4 heteroatoms.